The highest BCUT2D eigenvalue weighted by molar-refractivity contribution is 9.10. The molecule has 0 heterocycles. The van der Waals surface area contributed by atoms with Crippen LogP contribution in [0.2, 0.25) is 0 Å². The summed E-state index contributed by atoms with van der Waals surface area (Å²) < 4.78 is 4.90. The number of rotatable bonds is 3. The van der Waals surface area contributed by atoms with E-state index in [0.29, 0.717) is 6.42 Å². The maximum Gasteiger partial charge on any atom is 0.376 e. The van der Waals surface area contributed by atoms with Crippen LogP contribution in [0.15, 0.2) is 0 Å². The molecule has 76 valence electrons. The number of ketones is 1. The van der Waals surface area contributed by atoms with E-state index in [1.807, 2.05) is 6.92 Å². The molecule has 0 aromatic carbocycles. The Hall–Kier alpha value is -0.380. The number of carbonyl (C=O) groups is 2. The van der Waals surface area contributed by atoms with Gasteiger partial charge in [-0.2, -0.15) is 0 Å². The number of hydrogen-bond acceptors (Lipinski definition) is 3. The normalized spacial score (nSPS) is 13.6. The van der Waals surface area contributed by atoms with Gasteiger partial charge in [0.05, 0.1) is 4.83 Å². The zero-order valence-corrected chi connectivity index (χ0v) is 9.97. The lowest BCUT2D eigenvalue weighted by Crippen LogP contribution is -2.32. The smallest absolute Gasteiger partial charge is 0.376 e. The van der Waals surface area contributed by atoms with Crippen molar-refractivity contribution in [1.29, 1.82) is 0 Å². The van der Waals surface area contributed by atoms with Gasteiger partial charge in [-0.3, -0.25) is 4.79 Å². The molecule has 1 unspecified atom stereocenters. The van der Waals surface area contributed by atoms with Crippen molar-refractivity contribution in [2.45, 2.75) is 44.5 Å². The van der Waals surface area contributed by atoms with E-state index in [1.165, 1.54) is 0 Å². The SMILES string of the molecule is CCC(Br)C(=O)C(=O)OC(C)(C)C. The summed E-state index contributed by atoms with van der Waals surface area (Å²) in [5.41, 5.74) is -0.604. The molecule has 0 aromatic heterocycles. The summed E-state index contributed by atoms with van der Waals surface area (Å²) in [6, 6.07) is 0. The van der Waals surface area contributed by atoms with Gasteiger partial charge in [0, 0.05) is 0 Å². The first kappa shape index (κ1) is 12.6. The van der Waals surface area contributed by atoms with Crippen LogP contribution in [0.25, 0.3) is 0 Å². The van der Waals surface area contributed by atoms with Gasteiger partial charge in [-0.1, -0.05) is 22.9 Å². The van der Waals surface area contributed by atoms with Crippen molar-refractivity contribution in [3.8, 4) is 0 Å². The fraction of sp³-hybridized carbons (Fsp3) is 0.778. The average Bonchev–Trinajstić information content (AvgIpc) is 1.98. The predicted octanol–water partition coefficient (Wildman–Crippen LogP) is 2.07. The lowest BCUT2D eigenvalue weighted by Gasteiger charge is -2.19. The van der Waals surface area contributed by atoms with E-state index in [1.54, 1.807) is 20.8 Å². The molecule has 0 amide bonds. The minimum absolute atomic E-state index is 0.428. The summed E-state index contributed by atoms with van der Waals surface area (Å²) in [5, 5.41) is 0. The molecular formula is C9H15BrO3. The van der Waals surface area contributed by atoms with Crippen LogP contribution >= 0.6 is 15.9 Å². The fourth-order valence-corrected chi connectivity index (χ4v) is 0.829. The number of Topliss-reactive ketones (excluding diaryl/α,β-unsaturated/α-hetero) is 1. The third-order valence-electron chi connectivity index (χ3n) is 1.24. The van der Waals surface area contributed by atoms with Crippen molar-refractivity contribution in [2.24, 2.45) is 0 Å². The topological polar surface area (TPSA) is 43.4 Å². The Balaban J connectivity index is 4.21. The van der Waals surface area contributed by atoms with E-state index in [-0.39, 0.29) is 0 Å². The second-order valence-corrected chi connectivity index (χ2v) is 4.85. The van der Waals surface area contributed by atoms with Crippen LogP contribution in [0.1, 0.15) is 34.1 Å². The molecule has 0 fully saturated rings. The summed E-state index contributed by atoms with van der Waals surface area (Å²) in [7, 11) is 0. The summed E-state index contributed by atoms with van der Waals surface area (Å²) in [5.74, 6) is -1.28. The Kier molecular flexibility index (Phi) is 4.61. The van der Waals surface area contributed by atoms with E-state index in [0.717, 1.165) is 0 Å². The zero-order chi connectivity index (χ0) is 10.6. The number of alkyl halides is 1. The minimum Gasteiger partial charge on any atom is -0.454 e. The maximum absolute atomic E-state index is 11.2. The van der Waals surface area contributed by atoms with Gasteiger partial charge < -0.3 is 4.74 Å². The zero-order valence-electron chi connectivity index (χ0n) is 8.39. The Morgan fingerprint density at radius 1 is 1.38 bits per heavy atom. The molecule has 0 spiro atoms. The molecular weight excluding hydrogens is 236 g/mol. The molecule has 0 rings (SSSR count). The average molecular weight is 251 g/mol. The van der Waals surface area contributed by atoms with Gasteiger partial charge in [0.15, 0.2) is 0 Å². The van der Waals surface area contributed by atoms with Gasteiger partial charge in [0.2, 0.25) is 0 Å². The second-order valence-electron chi connectivity index (χ2n) is 3.74. The first-order valence-electron chi connectivity index (χ1n) is 4.19. The van der Waals surface area contributed by atoms with Crippen LogP contribution in [-0.4, -0.2) is 22.2 Å². The number of ether oxygens (including phenoxy) is 1. The van der Waals surface area contributed by atoms with Crippen LogP contribution in [0.4, 0.5) is 0 Å². The first-order valence-corrected chi connectivity index (χ1v) is 5.10. The Morgan fingerprint density at radius 2 is 1.85 bits per heavy atom. The summed E-state index contributed by atoms with van der Waals surface area (Å²) in [4.78, 5) is 22.0. The van der Waals surface area contributed by atoms with Gasteiger partial charge in [-0.25, -0.2) is 4.79 Å². The third kappa shape index (κ3) is 5.03. The standard InChI is InChI=1S/C9H15BrO3/c1-5-6(10)7(11)8(12)13-9(2,3)4/h6H,5H2,1-4H3. The molecule has 0 N–H and O–H groups in total. The minimum atomic E-state index is -0.767. The van der Waals surface area contributed by atoms with Crippen molar-refractivity contribution in [2.75, 3.05) is 0 Å². The van der Waals surface area contributed by atoms with E-state index >= 15 is 0 Å². The molecule has 1 atom stereocenters. The van der Waals surface area contributed by atoms with E-state index in [4.69, 9.17) is 4.74 Å². The van der Waals surface area contributed by atoms with Crippen LogP contribution in [0.3, 0.4) is 0 Å². The first-order chi connectivity index (χ1) is 5.78. The Morgan fingerprint density at radius 3 is 2.15 bits per heavy atom. The van der Waals surface area contributed by atoms with Gasteiger partial charge in [-0.15, -0.1) is 0 Å². The molecule has 0 aliphatic rings. The van der Waals surface area contributed by atoms with Gasteiger partial charge >= 0.3 is 5.97 Å². The molecule has 0 aliphatic carbocycles. The maximum atomic E-state index is 11.2. The van der Waals surface area contributed by atoms with Crippen molar-refractivity contribution in [3.63, 3.8) is 0 Å². The van der Waals surface area contributed by atoms with Gasteiger partial charge in [-0.05, 0) is 27.2 Å². The van der Waals surface area contributed by atoms with Crippen LogP contribution in [0.5, 0.6) is 0 Å². The van der Waals surface area contributed by atoms with E-state index < -0.39 is 22.2 Å². The molecule has 0 saturated carbocycles. The molecule has 13 heavy (non-hydrogen) atoms. The highest BCUT2D eigenvalue weighted by atomic mass is 79.9. The van der Waals surface area contributed by atoms with Crippen LogP contribution in [0, 0.1) is 0 Å². The van der Waals surface area contributed by atoms with Crippen molar-refractivity contribution in [3.05, 3.63) is 0 Å². The number of carbonyl (C=O) groups excluding carboxylic acids is 2. The van der Waals surface area contributed by atoms with Crippen LogP contribution in [-0.2, 0) is 14.3 Å². The molecule has 0 saturated heterocycles. The molecule has 0 radical (unpaired) electrons. The monoisotopic (exact) mass is 250 g/mol. The summed E-state index contributed by atoms with van der Waals surface area (Å²) in [6.07, 6.45) is 0.581. The second kappa shape index (κ2) is 4.74. The number of hydrogen-bond donors (Lipinski definition) is 0. The summed E-state index contributed by atoms with van der Waals surface area (Å²) in [6.45, 7) is 7.01. The van der Waals surface area contributed by atoms with Crippen LogP contribution < -0.4 is 0 Å². The molecule has 0 bridgehead atoms. The van der Waals surface area contributed by atoms with Gasteiger partial charge in [0.1, 0.15) is 5.60 Å². The van der Waals surface area contributed by atoms with E-state index in [9.17, 15) is 9.59 Å². The van der Waals surface area contributed by atoms with E-state index in [2.05, 4.69) is 15.9 Å². The van der Waals surface area contributed by atoms with Crippen molar-refractivity contribution in [1.82, 2.24) is 0 Å². The Bertz CT molecular complexity index is 205. The Labute approximate surface area is 87.0 Å². The fourth-order valence-electron chi connectivity index (χ4n) is 0.642. The van der Waals surface area contributed by atoms with Gasteiger partial charge in [0.25, 0.3) is 5.78 Å². The quantitative estimate of drug-likeness (QED) is 0.438. The molecule has 3 nitrogen and oxygen atoms in total. The lowest BCUT2D eigenvalue weighted by atomic mass is 10.2. The predicted molar refractivity (Wildman–Crippen MR) is 53.9 cm³/mol. The molecule has 4 heteroatoms. The number of esters is 1. The number of halogens is 1. The summed E-state index contributed by atoms with van der Waals surface area (Å²) >= 11 is 3.10. The largest absolute Gasteiger partial charge is 0.454 e. The highest BCUT2D eigenvalue weighted by Crippen LogP contribution is 2.11. The third-order valence-corrected chi connectivity index (χ3v) is 2.31. The van der Waals surface area contributed by atoms with Crippen molar-refractivity contribution < 1.29 is 14.3 Å². The van der Waals surface area contributed by atoms with Crippen molar-refractivity contribution >= 4 is 27.7 Å². The lowest BCUT2D eigenvalue weighted by molar-refractivity contribution is -0.162. The molecule has 0 aliphatic heterocycles. The molecule has 0 aromatic rings. The highest BCUT2D eigenvalue weighted by Gasteiger charge is 2.26.